The number of anilines is 1. The maximum Gasteiger partial charge on any atom is 0.226 e. The Labute approximate surface area is 139 Å². The van der Waals surface area contributed by atoms with Crippen LogP contribution in [-0.4, -0.2) is 26.0 Å². The van der Waals surface area contributed by atoms with E-state index in [1.807, 2.05) is 0 Å². The Hall–Kier alpha value is -1.90. The molecule has 1 aromatic carbocycles. The van der Waals surface area contributed by atoms with Crippen molar-refractivity contribution in [3.8, 4) is 0 Å². The third kappa shape index (κ3) is 5.66. The molecule has 0 radical (unpaired) electrons. The molecule has 1 aromatic heterocycles. The van der Waals surface area contributed by atoms with Crippen molar-refractivity contribution in [1.29, 1.82) is 0 Å². The second-order valence-electron chi connectivity index (χ2n) is 4.87. The molecule has 0 saturated carbocycles. The zero-order chi connectivity index (χ0) is 16.9. The zero-order valence-corrected chi connectivity index (χ0v) is 13.9. The second kappa shape index (κ2) is 7.58. The minimum absolute atomic E-state index is 0.0184. The van der Waals surface area contributed by atoms with Gasteiger partial charge >= 0.3 is 0 Å². The van der Waals surface area contributed by atoms with E-state index in [0.29, 0.717) is 22.2 Å². The van der Waals surface area contributed by atoms with Crippen molar-refractivity contribution in [3.63, 3.8) is 0 Å². The minimum atomic E-state index is -3.57. The highest BCUT2D eigenvalue weighted by Crippen LogP contribution is 2.17. The van der Waals surface area contributed by atoms with Gasteiger partial charge in [0, 0.05) is 24.1 Å². The fraction of sp³-hybridized carbons (Fsp3) is 0.286. The van der Waals surface area contributed by atoms with Gasteiger partial charge in [-0.05, 0) is 18.6 Å². The summed E-state index contributed by atoms with van der Waals surface area (Å²) in [5, 5.41) is 6.51. The van der Waals surface area contributed by atoms with E-state index < -0.39 is 10.0 Å². The molecule has 1 amide bonds. The normalized spacial score (nSPS) is 11.4. The lowest BCUT2D eigenvalue weighted by Gasteiger charge is -2.07. The maximum absolute atomic E-state index is 12.0. The van der Waals surface area contributed by atoms with Crippen LogP contribution < -0.4 is 10.0 Å². The van der Waals surface area contributed by atoms with E-state index in [1.165, 1.54) is 0 Å². The number of nitrogens with one attached hydrogen (secondary N) is 2. The fourth-order valence-electron chi connectivity index (χ4n) is 1.82. The molecule has 7 nitrogen and oxygen atoms in total. The average molecular weight is 358 g/mol. The van der Waals surface area contributed by atoms with Gasteiger partial charge in [-0.15, -0.1) is 0 Å². The van der Waals surface area contributed by atoms with Crippen molar-refractivity contribution in [2.75, 3.05) is 11.9 Å². The van der Waals surface area contributed by atoms with Crippen LogP contribution in [-0.2, 0) is 20.6 Å². The Morgan fingerprint density at radius 2 is 2.09 bits per heavy atom. The molecular weight excluding hydrogens is 342 g/mol. The molecule has 23 heavy (non-hydrogen) atoms. The molecule has 0 aliphatic rings. The van der Waals surface area contributed by atoms with Crippen molar-refractivity contribution in [3.05, 3.63) is 46.7 Å². The van der Waals surface area contributed by atoms with Gasteiger partial charge in [0.25, 0.3) is 0 Å². The number of hydrogen-bond acceptors (Lipinski definition) is 5. The number of hydrogen-bond donors (Lipinski definition) is 2. The summed E-state index contributed by atoms with van der Waals surface area (Å²) in [6.45, 7) is 1.68. The standard InChI is InChI=1S/C14H16ClN3O4S/c1-10-8-13(18-22-10)17-14(19)6-7-16-23(20,21)9-11-4-2-3-5-12(11)15/h2-5,8,16H,6-7,9H2,1H3,(H,17,18,19). The van der Waals surface area contributed by atoms with Crippen molar-refractivity contribution < 1.29 is 17.7 Å². The van der Waals surface area contributed by atoms with E-state index in [0.717, 1.165) is 0 Å². The summed E-state index contributed by atoms with van der Waals surface area (Å²) in [5.41, 5.74) is 0.504. The van der Waals surface area contributed by atoms with Gasteiger partial charge in [-0.2, -0.15) is 0 Å². The van der Waals surface area contributed by atoms with E-state index in [1.54, 1.807) is 37.3 Å². The van der Waals surface area contributed by atoms with Gasteiger partial charge in [0.1, 0.15) is 5.76 Å². The van der Waals surface area contributed by atoms with Gasteiger partial charge in [0.05, 0.1) is 5.75 Å². The van der Waals surface area contributed by atoms with Gasteiger partial charge in [-0.25, -0.2) is 13.1 Å². The molecule has 124 valence electrons. The smallest absolute Gasteiger partial charge is 0.226 e. The largest absolute Gasteiger partial charge is 0.360 e. The van der Waals surface area contributed by atoms with Crippen LogP contribution in [0.15, 0.2) is 34.9 Å². The minimum Gasteiger partial charge on any atom is -0.360 e. The van der Waals surface area contributed by atoms with Gasteiger partial charge in [-0.3, -0.25) is 4.79 Å². The van der Waals surface area contributed by atoms with Crippen LogP contribution in [0.1, 0.15) is 17.7 Å². The molecule has 0 saturated heterocycles. The molecule has 0 aliphatic heterocycles. The Morgan fingerprint density at radius 1 is 1.35 bits per heavy atom. The number of carbonyl (C=O) groups excluding carboxylic acids is 1. The summed E-state index contributed by atoms with van der Waals surface area (Å²) in [7, 11) is -3.57. The molecule has 0 fully saturated rings. The molecule has 0 aliphatic carbocycles. The lowest BCUT2D eigenvalue weighted by Crippen LogP contribution is -2.29. The second-order valence-corrected chi connectivity index (χ2v) is 7.08. The molecule has 2 aromatic rings. The number of sulfonamides is 1. The van der Waals surface area contributed by atoms with Crippen molar-refractivity contribution >= 4 is 33.3 Å². The van der Waals surface area contributed by atoms with Crippen molar-refractivity contribution in [2.45, 2.75) is 19.1 Å². The van der Waals surface area contributed by atoms with Crippen LogP contribution >= 0.6 is 11.6 Å². The SMILES string of the molecule is Cc1cc(NC(=O)CCNS(=O)(=O)Cc2ccccc2Cl)no1. The molecule has 0 unspecified atom stereocenters. The van der Waals surface area contributed by atoms with E-state index in [-0.39, 0.29) is 24.6 Å². The molecule has 1 heterocycles. The quantitative estimate of drug-likeness (QED) is 0.790. The fourth-order valence-corrected chi connectivity index (χ4v) is 3.28. The molecule has 9 heteroatoms. The summed E-state index contributed by atoms with van der Waals surface area (Å²) in [6, 6.07) is 8.27. The van der Waals surface area contributed by atoms with E-state index in [2.05, 4.69) is 15.2 Å². The first-order valence-corrected chi connectivity index (χ1v) is 8.83. The van der Waals surface area contributed by atoms with Gasteiger partial charge in [0.2, 0.25) is 15.9 Å². The summed E-state index contributed by atoms with van der Waals surface area (Å²) in [4.78, 5) is 11.7. The third-order valence-corrected chi connectivity index (χ3v) is 4.58. The Morgan fingerprint density at radius 3 is 2.74 bits per heavy atom. The summed E-state index contributed by atoms with van der Waals surface area (Å²) >= 11 is 5.93. The number of aryl methyl sites for hydroxylation is 1. The molecule has 0 atom stereocenters. The number of carbonyl (C=O) groups is 1. The average Bonchev–Trinajstić information content (AvgIpc) is 2.86. The van der Waals surface area contributed by atoms with Crippen LogP contribution in [0, 0.1) is 6.92 Å². The van der Waals surface area contributed by atoms with Crippen LogP contribution in [0.25, 0.3) is 0 Å². The maximum atomic E-state index is 12.0. The van der Waals surface area contributed by atoms with Crippen LogP contribution in [0.2, 0.25) is 5.02 Å². The zero-order valence-electron chi connectivity index (χ0n) is 12.4. The molecule has 0 bridgehead atoms. The number of nitrogens with zero attached hydrogens (tertiary/aromatic N) is 1. The molecule has 0 spiro atoms. The van der Waals surface area contributed by atoms with Gasteiger partial charge < -0.3 is 9.84 Å². The number of benzene rings is 1. The first-order chi connectivity index (χ1) is 10.9. The van der Waals surface area contributed by atoms with Crippen LogP contribution in [0.3, 0.4) is 0 Å². The highest BCUT2D eigenvalue weighted by atomic mass is 35.5. The lowest BCUT2D eigenvalue weighted by molar-refractivity contribution is -0.116. The van der Waals surface area contributed by atoms with Crippen molar-refractivity contribution in [1.82, 2.24) is 9.88 Å². The number of rotatable bonds is 7. The summed E-state index contributed by atoms with van der Waals surface area (Å²) in [5.74, 6) is 0.266. The highest BCUT2D eigenvalue weighted by molar-refractivity contribution is 7.88. The topological polar surface area (TPSA) is 101 Å². The number of amides is 1. The van der Waals surface area contributed by atoms with E-state index in [4.69, 9.17) is 16.1 Å². The predicted octanol–water partition coefficient (Wildman–Crippen LogP) is 2.08. The number of aromatic nitrogens is 1. The molecule has 2 N–H and O–H groups in total. The van der Waals surface area contributed by atoms with Crippen molar-refractivity contribution in [2.24, 2.45) is 0 Å². The Balaban J connectivity index is 1.80. The Bertz CT molecular complexity index is 789. The van der Waals surface area contributed by atoms with Crippen LogP contribution in [0.5, 0.6) is 0 Å². The number of halogens is 1. The Kier molecular flexibility index (Phi) is 5.75. The third-order valence-electron chi connectivity index (χ3n) is 2.87. The van der Waals surface area contributed by atoms with Crippen LogP contribution in [0.4, 0.5) is 5.82 Å². The summed E-state index contributed by atoms with van der Waals surface area (Å²) < 4.78 is 31.1. The predicted molar refractivity (Wildman–Crippen MR) is 86.6 cm³/mol. The first-order valence-electron chi connectivity index (χ1n) is 6.79. The molecular formula is C14H16ClN3O4S. The first kappa shape index (κ1) is 17.5. The van der Waals surface area contributed by atoms with Gasteiger partial charge in [0.15, 0.2) is 5.82 Å². The summed E-state index contributed by atoms with van der Waals surface area (Å²) in [6.07, 6.45) is -0.0202. The highest BCUT2D eigenvalue weighted by Gasteiger charge is 2.14. The monoisotopic (exact) mass is 357 g/mol. The lowest BCUT2D eigenvalue weighted by atomic mass is 10.2. The molecule has 2 rings (SSSR count). The van der Waals surface area contributed by atoms with E-state index >= 15 is 0 Å². The van der Waals surface area contributed by atoms with Gasteiger partial charge in [-0.1, -0.05) is 35.0 Å². The van der Waals surface area contributed by atoms with E-state index in [9.17, 15) is 13.2 Å².